The van der Waals surface area contributed by atoms with Crippen LogP contribution in [0.25, 0.3) is 0 Å². The van der Waals surface area contributed by atoms with Crippen LogP contribution in [0.4, 0.5) is 4.39 Å². The van der Waals surface area contributed by atoms with E-state index in [9.17, 15) is 17.6 Å². The fraction of sp³-hybridized carbons (Fsp3) is 0.240. The van der Waals surface area contributed by atoms with Crippen LogP contribution in [0.3, 0.4) is 0 Å². The highest BCUT2D eigenvalue weighted by Gasteiger charge is 2.19. The minimum Gasteiger partial charge on any atom is -0.379 e. The third kappa shape index (κ3) is 6.63. The second-order valence-electron chi connectivity index (χ2n) is 7.98. The number of carbonyl (C=O) groups is 1. The summed E-state index contributed by atoms with van der Waals surface area (Å²) in [5.41, 5.74) is 2.40. The SMILES string of the molecule is Cc1ccccc1C(=O)N(CCN(C)C)Cc1ccc(OS(=O)(=O)c2ccc(F)cc2)cc1. The van der Waals surface area contributed by atoms with E-state index >= 15 is 0 Å². The lowest BCUT2D eigenvalue weighted by molar-refractivity contribution is 0.0731. The van der Waals surface area contributed by atoms with E-state index in [2.05, 4.69) is 0 Å². The average molecular weight is 471 g/mol. The summed E-state index contributed by atoms with van der Waals surface area (Å²) < 4.78 is 43.0. The summed E-state index contributed by atoms with van der Waals surface area (Å²) >= 11 is 0. The van der Waals surface area contributed by atoms with Crippen LogP contribution in [-0.2, 0) is 16.7 Å². The summed E-state index contributed by atoms with van der Waals surface area (Å²) in [7, 11) is -0.178. The first-order valence-electron chi connectivity index (χ1n) is 10.4. The molecule has 0 unspecified atom stereocenters. The van der Waals surface area contributed by atoms with Gasteiger partial charge in [0.05, 0.1) is 0 Å². The van der Waals surface area contributed by atoms with E-state index in [0.717, 1.165) is 35.4 Å². The van der Waals surface area contributed by atoms with Gasteiger partial charge in [-0.1, -0.05) is 30.3 Å². The third-order valence-electron chi connectivity index (χ3n) is 5.08. The van der Waals surface area contributed by atoms with Gasteiger partial charge < -0.3 is 14.0 Å². The van der Waals surface area contributed by atoms with Gasteiger partial charge in [-0.2, -0.15) is 8.42 Å². The second kappa shape index (κ2) is 10.6. The molecule has 0 saturated heterocycles. The molecule has 0 heterocycles. The van der Waals surface area contributed by atoms with Crippen molar-refractivity contribution in [1.29, 1.82) is 0 Å². The Hall–Kier alpha value is -3.23. The van der Waals surface area contributed by atoms with E-state index in [4.69, 9.17) is 4.18 Å². The van der Waals surface area contributed by atoms with Gasteiger partial charge in [-0.25, -0.2) is 4.39 Å². The first-order valence-corrected chi connectivity index (χ1v) is 11.8. The molecular formula is C25H27FN2O4S. The molecule has 3 aromatic rings. The molecule has 8 heteroatoms. The lowest BCUT2D eigenvalue weighted by Gasteiger charge is -2.25. The van der Waals surface area contributed by atoms with Gasteiger partial charge in [-0.05, 0) is 74.6 Å². The highest BCUT2D eigenvalue weighted by molar-refractivity contribution is 7.87. The number of nitrogens with zero attached hydrogens (tertiary/aromatic N) is 2. The Labute approximate surface area is 194 Å². The van der Waals surface area contributed by atoms with E-state index in [1.807, 2.05) is 50.2 Å². The number of amides is 1. The molecule has 0 aliphatic heterocycles. The maximum absolute atomic E-state index is 13.2. The molecule has 0 bridgehead atoms. The van der Waals surface area contributed by atoms with Gasteiger partial charge in [0.15, 0.2) is 0 Å². The Morgan fingerprint density at radius 1 is 0.909 bits per heavy atom. The summed E-state index contributed by atoms with van der Waals surface area (Å²) in [5.74, 6) is -0.459. The number of benzene rings is 3. The van der Waals surface area contributed by atoms with E-state index in [0.29, 0.717) is 25.2 Å². The normalized spacial score (nSPS) is 11.4. The molecule has 0 aliphatic carbocycles. The smallest absolute Gasteiger partial charge is 0.339 e. The standard InChI is InChI=1S/C25H27FN2O4S/c1-19-6-4-5-7-24(19)25(29)28(17-16-27(2)3)18-20-8-12-22(13-9-20)32-33(30,31)23-14-10-21(26)11-15-23/h4-15H,16-18H2,1-3H3. The number of halogens is 1. The molecule has 6 nitrogen and oxygen atoms in total. The lowest BCUT2D eigenvalue weighted by atomic mass is 10.1. The van der Waals surface area contributed by atoms with Gasteiger partial charge >= 0.3 is 10.1 Å². The Bertz CT molecular complexity index is 1190. The van der Waals surface area contributed by atoms with Crippen molar-refractivity contribution < 1.29 is 21.8 Å². The first-order chi connectivity index (χ1) is 15.7. The predicted octanol–water partition coefficient (Wildman–Crippen LogP) is 4.11. The molecule has 1 amide bonds. The Balaban J connectivity index is 1.75. The molecule has 174 valence electrons. The van der Waals surface area contributed by atoms with E-state index in [1.54, 1.807) is 29.2 Å². The zero-order valence-electron chi connectivity index (χ0n) is 18.9. The molecule has 0 radical (unpaired) electrons. The van der Waals surface area contributed by atoms with Crippen molar-refractivity contribution in [3.05, 3.63) is 95.3 Å². The van der Waals surface area contributed by atoms with E-state index in [-0.39, 0.29) is 16.6 Å². The average Bonchev–Trinajstić information content (AvgIpc) is 2.77. The Morgan fingerprint density at radius 3 is 2.15 bits per heavy atom. The zero-order valence-corrected chi connectivity index (χ0v) is 19.7. The van der Waals surface area contributed by atoms with Crippen LogP contribution in [0, 0.1) is 12.7 Å². The van der Waals surface area contributed by atoms with Crippen molar-refractivity contribution in [3.63, 3.8) is 0 Å². The largest absolute Gasteiger partial charge is 0.379 e. The number of hydrogen-bond donors (Lipinski definition) is 0. The molecular weight excluding hydrogens is 443 g/mol. The van der Waals surface area contributed by atoms with Crippen molar-refractivity contribution in [2.45, 2.75) is 18.4 Å². The molecule has 0 atom stereocenters. The maximum Gasteiger partial charge on any atom is 0.339 e. The van der Waals surface area contributed by atoms with Crippen molar-refractivity contribution in [3.8, 4) is 5.75 Å². The molecule has 0 aromatic heterocycles. The summed E-state index contributed by atoms with van der Waals surface area (Å²) in [6.07, 6.45) is 0. The lowest BCUT2D eigenvalue weighted by Crippen LogP contribution is -2.36. The van der Waals surface area contributed by atoms with Crippen LogP contribution in [0.5, 0.6) is 5.75 Å². The van der Waals surface area contributed by atoms with Gasteiger partial charge in [0.1, 0.15) is 16.5 Å². The van der Waals surface area contributed by atoms with Gasteiger partial charge in [-0.3, -0.25) is 4.79 Å². The highest BCUT2D eigenvalue weighted by atomic mass is 32.2. The fourth-order valence-electron chi connectivity index (χ4n) is 3.20. The van der Waals surface area contributed by atoms with Gasteiger partial charge in [0.2, 0.25) is 0 Å². The number of rotatable bonds is 9. The zero-order chi connectivity index (χ0) is 24.0. The van der Waals surface area contributed by atoms with Crippen LogP contribution in [0.15, 0.2) is 77.7 Å². The number of aryl methyl sites for hydroxylation is 1. The third-order valence-corrected chi connectivity index (χ3v) is 6.35. The molecule has 0 N–H and O–H groups in total. The monoisotopic (exact) mass is 470 g/mol. The van der Waals surface area contributed by atoms with Crippen molar-refractivity contribution in [2.75, 3.05) is 27.2 Å². The highest BCUT2D eigenvalue weighted by Crippen LogP contribution is 2.21. The minimum absolute atomic E-state index is 0.0610. The first kappa shape index (κ1) is 24.4. The summed E-state index contributed by atoms with van der Waals surface area (Å²) in [6, 6.07) is 18.4. The van der Waals surface area contributed by atoms with E-state index in [1.165, 1.54) is 0 Å². The molecule has 0 saturated carbocycles. The minimum atomic E-state index is -4.08. The fourth-order valence-corrected chi connectivity index (χ4v) is 4.13. The van der Waals surface area contributed by atoms with Gasteiger partial charge in [0.25, 0.3) is 5.91 Å². The predicted molar refractivity (Wildman–Crippen MR) is 125 cm³/mol. The van der Waals surface area contributed by atoms with Crippen LogP contribution >= 0.6 is 0 Å². The van der Waals surface area contributed by atoms with Gasteiger partial charge in [-0.15, -0.1) is 0 Å². The number of likely N-dealkylation sites (N-methyl/N-ethyl adjacent to an activating group) is 1. The molecule has 3 aromatic carbocycles. The Morgan fingerprint density at radius 2 is 1.55 bits per heavy atom. The van der Waals surface area contributed by atoms with Gasteiger partial charge in [0, 0.05) is 25.2 Å². The topological polar surface area (TPSA) is 66.9 Å². The van der Waals surface area contributed by atoms with Crippen LogP contribution in [-0.4, -0.2) is 51.3 Å². The summed E-state index contributed by atoms with van der Waals surface area (Å²) in [4.78, 5) is 16.8. The maximum atomic E-state index is 13.2. The summed E-state index contributed by atoms with van der Waals surface area (Å²) in [6.45, 7) is 3.52. The molecule has 0 fully saturated rings. The van der Waals surface area contributed by atoms with Crippen molar-refractivity contribution >= 4 is 16.0 Å². The number of carbonyl (C=O) groups excluding carboxylic acids is 1. The number of hydrogen-bond acceptors (Lipinski definition) is 5. The Kier molecular flexibility index (Phi) is 7.84. The van der Waals surface area contributed by atoms with Crippen molar-refractivity contribution in [1.82, 2.24) is 9.80 Å². The quantitative estimate of drug-likeness (QED) is 0.441. The van der Waals surface area contributed by atoms with Crippen LogP contribution < -0.4 is 4.18 Å². The van der Waals surface area contributed by atoms with E-state index < -0.39 is 15.9 Å². The molecule has 0 aliphatic rings. The second-order valence-corrected chi connectivity index (χ2v) is 9.53. The summed E-state index contributed by atoms with van der Waals surface area (Å²) in [5, 5.41) is 0. The molecule has 33 heavy (non-hydrogen) atoms. The van der Waals surface area contributed by atoms with Crippen LogP contribution in [0.1, 0.15) is 21.5 Å². The van der Waals surface area contributed by atoms with Crippen LogP contribution in [0.2, 0.25) is 0 Å². The molecule has 3 rings (SSSR count). The van der Waals surface area contributed by atoms with Crippen molar-refractivity contribution in [2.24, 2.45) is 0 Å². The molecule has 0 spiro atoms.